The van der Waals surface area contributed by atoms with Crippen LogP contribution in [0.4, 0.5) is 24.3 Å². The second kappa shape index (κ2) is 6.68. The summed E-state index contributed by atoms with van der Waals surface area (Å²) in [7, 11) is 1.55. The summed E-state index contributed by atoms with van der Waals surface area (Å²) in [5.41, 5.74) is 2.32. The maximum absolute atomic E-state index is 12.4. The third-order valence-electron chi connectivity index (χ3n) is 3.79. The molecule has 11 heteroatoms. The largest absolute Gasteiger partial charge is 0.573 e. The number of anilines is 2. The molecule has 2 aromatic heterocycles. The fourth-order valence-electron chi connectivity index (χ4n) is 2.61. The maximum Gasteiger partial charge on any atom is 0.573 e. The fourth-order valence-corrected chi connectivity index (χ4v) is 3.50. The lowest BCUT2D eigenvalue weighted by Gasteiger charge is -2.07. The van der Waals surface area contributed by atoms with Crippen molar-refractivity contribution in [2.75, 3.05) is 12.4 Å². The van der Waals surface area contributed by atoms with Gasteiger partial charge in [-0.1, -0.05) is 11.3 Å². The summed E-state index contributed by atoms with van der Waals surface area (Å²) in [6.45, 7) is 0. The molecule has 2 aromatic carbocycles. The van der Waals surface area contributed by atoms with E-state index < -0.39 is 6.36 Å². The van der Waals surface area contributed by atoms with Crippen LogP contribution in [-0.2, 0) is 0 Å². The molecule has 0 radical (unpaired) electrons. The van der Waals surface area contributed by atoms with Crippen LogP contribution in [0, 0.1) is 0 Å². The molecule has 1 amide bonds. The van der Waals surface area contributed by atoms with Gasteiger partial charge in [0, 0.05) is 18.7 Å². The molecule has 0 unspecified atom stereocenters. The summed E-state index contributed by atoms with van der Waals surface area (Å²) in [4.78, 5) is 23.4. The van der Waals surface area contributed by atoms with Crippen molar-refractivity contribution < 1.29 is 22.7 Å². The first kappa shape index (κ1) is 18.0. The van der Waals surface area contributed by atoms with Gasteiger partial charge < -0.3 is 20.4 Å². The normalized spacial score (nSPS) is 11.7. The standard InChI is InChI=1S/C17H12F3N5O2S/c1-21-14(26)8-2-4-10-12(6-8)23-15(22-10)25-16-24-11-5-3-9(7-13(11)28-16)27-17(18,19)20/h2-7H,1H3,(H,21,26)(H2,22,23,24,25). The van der Waals surface area contributed by atoms with Crippen molar-refractivity contribution in [2.24, 2.45) is 0 Å². The van der Waals surface area contributed by atoms with Crippen molar-refractivity contribution in [2.45, 2.75) is 6.36 Å². The van der Waals surface area contributed by atoms with Gasteiger partial charge in [0.1, 0.15) is 5.75 Å². The summed E-state index contributed by atoms with van der Waals surface area (Å²) in [6.07, 6.45) is -4.75. The monoisotopic (exact) mass is 407 g/mol. The number of aromatic amines is 1. The number of nitrogens with one attached hydrogen (secondary N) is 3. The van der Waals surface area contributed by atoms with Crippen molar-refractivity contribution in [1.29, 1.82) is 0 Å². The lowest BCUT2D eigenvalue weighted by molar-refractivity contribution is -0.274. The molecule has 3 N–H and O–H groups in total. The van der Waals surface area contributed by atoms with Gasteiger partial charge >= 0.3 is 6.36 Å². The predicted molar refractivity (Wildman–Crippen MR) is 99.1 cm³/mol. The van der Waals surface area contributed by atoms with E-state index in [0.29, 0.717) is 37.9 Å². The molecule has 144 valence electrons. The number of thiazole rings is 1. The molecule has 0 atom stereocenters. The van der Waals surface area contributed by atoms with E-state index in [9.17, 15) is 18.0 Å². The molecule has 0 aliphatic heterocycles. The minimum absolute atomic E-state index is 0.214. The molecule has 4 aromatic rings. The SMILES string of the molecule is CNC(=O)c1ccc2nc(Nc3nc4ccc(OC(F)(F)F)cc4s3)[nH]c2c1. The number of nitrogens with zero attached hydrogens (tertiary/aromatic N) is 2. The van der Waals surface area contributed by atoms with Crippen molar-refractivity contribution in [3.63, 3.8) is 0 Å². The number of benzene rings is 2. The summed E-state index contributed by atoms with van der Waals surface area (Å²) < 4.78 is 41.5. The molecular formula is C17H12F3N5O2S. The molecule has 2 heterocycles. The van der Waals surface area contributed by atoms with Crippen LogP contribution in [0.3, 0.4) is 0 Å². The van der Waals surface area contributed by atoms with E-state index in [4.69, 9.17) is 0 Å². The van der Waals surface area contributed by atoms with Crippen LogP contribution in [0.5, 0.6) is 5.75 Å². The van der Waals surface area contributed by atoms with Gasteiger partial charge in [0.05, 0.1) is 21.3 Å². The first-order valence-corrected chi connectivity index (χ1v) is 8.77. The number of ether oxygens (including phenoxy) is 1. The topological polar surface area (TPSA) is 91.9 Å². The third-order valence-corrected chi connectivity index (χ3v) is 4.72. The number of rotatable bonds is 4. The highest BCUT2D eigenvalue weighted by Gasteiger charge is 2.31. The van der Waals surface area contributed by atoms with E-state index in [1.807, 2.05) is 0 Å². The number of hydrogen-bond acceptors (Lipinski definition) is 6. The predicted octanol–water partition coefficient (Wildman–Crippen LogP) is 4.17. The van der Waals surface area contributed by atoms with E-state index >= 15 is 0 Å². The molecule has 0 fully saturated rings. The Labute approximate surface area is 159 Å². The molecule has 0 bridgehead atoms. The second-order valence-electron chi connectivity index (χ2n) is 5.72. The van der Waals surface area contributed by atoms with Crippen LogP contribution in [-0.4, -0.2) is 34.3 Å². The summed E-state index contributed by atoms with van der Waals surface area (Å²) >= 11 is 1.16. The van der Waals surface area contributed by atoms with Gasteiger partial charge in [0.25, 0.3) is 5.91 Å². The van der Waals surface area contributed by atoms with E-state index in [2.05, 4.69) is 30.3 Å². The first-order chi connectivity index (χ1) is 13.3. The number of H-pyrrole nitrogens is 1. The Kier molecular flexibility index (Phi) is 4.30. The number of aromatic nitrogens is 3. The maximum atomic E-state index is 12.4. The number of imidazole rings is 1. The first-order valence-electron chi connectivity index (χ1n) is 7.96. The quantitative estimate of drug-likeness (QED) is 0.472. The van der Waals surface area contributed by atoms with E-state index in [-0.39, 0.29) is 11.7 Å². The average Bonchev–Trinajstić information content (AvgIpc) is 3.21. The Morgan fingerprint density at radius 3 is 2.68 bits per heavy atom. The van der Waals surface area contributed by atoms with Crippen molar-refractivity contribution in [3.05, 3.63) is 42.0 Å². The Morgan fingerprint density at radius 2 is 1.93 bits per heavy atom. The van der Waals surface area contributed by atoms with Gasteiger partial charge in [-0.05, 0) is 30.3 Å². The molecule has 0 spiro atoms. The molecule has 28 heavy (non-hydrogen) atoms. The molecule has 0 aliphatic carbocycles. The summed E-state index contributed by atoms with van der Waals surface area (Å²) in [5.74, 6) is -0.121. The number of carbonyl (C=O) groups is 1. The highest BCUT2D eigenvalue weighted by atomic mass is 32.1. The smallest absolute Gasteiger partial charge is 0.406 e. The highest BCUT2D eigenvalue weighted by molar-refractivity contribution is 7.22. The van der Waals surface area contributed by atoms with Crippen molar-refractivity contribution >= 4 is 49.6 Å². The number of hydrogen-bond donors (Lipinski definition) is 3. The fraction of sp³-hybridized carbons (Fsp3) is 0.118. The van der Waals surface area contributed by atoms with E-state index in [1.54, 1.807) is 25.2 Å². The van der Waals surface area contributed by atoms with E-state index in [0.717, 1.165) is 11.3 Å². The van der Waals surface area contributed by atoms with Crippen LogP contribution < -0.4 is 15.4 Å². The van der Waals surface area contributed by atoms with Crippen LogP contribution in [0.2, 0.25) is 0 Å². The average molecular weight is 407 g/mol. The number of halogens is 3. The number of amides is 1. The Morgan fingerprint density at radius 1 is 1.14 bits per heavy atom. The van der Waals surface area contributed by atoms with Crippen LogP contribution in [0.1, 0.15) is 10.4 Å². The Balaban J connectivity index is 1.59. The van der Waals surface area contributed by atoms with Crippen LogP contribution in [0.25, 0.3) is 21.3 Å². The van der Waals surface area contributed by atoms with Crippen molar-refractivity contribution in [3.8, 4) is 5.75 Å². The minimum Gasteiger partial charge on any atom is -0.406 e. The molecular weight excluding hydrogens is 395 g/mol. The Hall–Kier alpha value is -3.34. The minimum atomic E-state index is -4.75. The molecule has 0 saturated carbocycles. The second-order valence-corrected chi connectivity index (χ2v) is 6.75. The van der Waals surface area contributed by atoms with Gasteiger partial charge in [-0.25, -0.2) is 9.97 Å². The highest BCUT2D eigenvalue weighted by Crippen LogP contribution is 2.32. The van der Waals surface area contributed by atoms with Crippen LogP contribution in [0.15, 0.2) is 36.4 Å². The molecule has 0 saturated heterocycles. The zero-order chi connectivity index (χ0) is 19.9. The number of alkyl halides is 3. The summed E-state index contributed by atoms with van der Waals surface area (Å²) in [5, 5.41) is 5.99. The van der Waals surface area contributed by atoms with Crippen LogP contribution >= 0.6 is 11.3 Å². The lowest BCUT2D eigenvalue weighted by atomic mass is 10.2. The van der Waals surface area contributed by atoms with Gasteiger partial charge in [-0.15, -0.1) is 13.2 Å². The van der Waals surface area contributed by atoms with Gasteiger partial charge in [0.15, 0.2) is 5.13 Å². The molecule has 4 rings (SSSR count). The Bertz CT molecular complexity index is 1180. The van der Waals surface area contributed by atoms with Gasteiger partial charge in [0.2, 0.25) is 5.95 Å². The zero-order valence-electron chi connectivity index (χ0n) is 14.2. The van der Waals surface area contributed by atoms with Gasteiger partial charge in [-0.3, -0.25) is 4.79 Å². The van der Waals surface area contributed by atoms with Crippen molar-refractivity contribution in [1.82, 2.24) is 20.3 Å². The summed E-state index contributed by atoms with van der Waals surface area (Å²) in [6, 6.07) is 8.98. The molecule has 0 aliphatic rings. The number of carbonyl (C=O) groups excluding carboxylic acids is 1. The zero-order valence-corrected chi connectivity index (χ0v) is 15.0. The number of fused-ring (bicyclic) bond motifs is 2. The molecule has 7 nitrogen and oxygen atoms in total. The van der Waals surface area contributed by atoms with Gasteiger partial charge in [-0.2, -0.15) is 0 Å². The van der Waals surface area contributed by atoms with E-state index in [1.165, 1.54) is 18.2 Å². The third kappa shape index (κ3) is 3.69. The lowest BCUT2D eigenvalue weighted by Crippen LogP contribution is -2.17.